The van der Waals surface area contributed by atoms with Gasteiger partial charge in [-0.15, -0.1) is 0 Å². The van der Waals surface area contributed by atoms with Crippen LogP contribution >= 0.6 is 23.2 Å². The zero-order valence-corrected chi connectivity index (χ0v) is 30.6. The fourth-order valence-corrected chi connectivity index (χ4v) is 8.94. The number of likely N-dealkylation sites (tertiary alicyclic amines) is 1. The lowest BCUT2D eigenvalue weighted by atomic mass is 9.92. The smallest absolute Gasteiger partial charge is 0.253 e. The second-order valence-electron chi connectivity index (χ2n) is 14.8. The van der Waals surface area contributed by atoms with Crippen LogP contribution in [-0.4, -0.2) is 92.9 Å². The van der Waals surface area contributed by atoms with Crippen molar-refractivity contribution in [1.29, 1.82) is 0 Å². The number of rotatable bonds is 9. The topological polar surface area (TPSA) is 53.1 Å². The maximum atomic E-state index is 13.6. The van der Waals surface area contributed by atoms with Gasteiger partial charge in [0.25, 0.3) is 5.91 Å². The number of halogens is 3. The lowest BCUT2D eigenvalue weighted by molar-refractivity contribution is -0.133. The molecule has 10 heteroatoms. The molecule has 0 N–H and O–H groups in total. The average molecular weight is 691 g/mol. The van der Waals surface area contributed by atoms with Crippen LogP contribution in [0.25, 0.3) is 11.1 Å². The molecule has 2 saturated heterocycles. The molecule has 46 heavy (non-hydrogen) atoms. The van der Waals surface area contributed by atoms with Crippen molar-refractivity contribution in [2.24, 2.45) is 5.92 Å². The van der Waals surface area contributed by atoms with E-state index < -0.39 is 8.32 Å². The molecule has 5 rings (SSSR count). The van der Waals surface area contributed by atoms with Crippen molar-refractivity contribution in [3.63, 3.8) is 0 Å². The summed E-state index contributed by atoms with van der Waals surface area (Å²) in [5.74, 6) is 0.0842. The fraction of sp³-hybridized carbons (Fsp3) is 0.611. The summed E-state index contributed by atoms with van der Waals surface area (Å²) in [5.41, 5.74) is 3.22. The molecule has 1 unspecified atom stereocenters. The quantitative estimate of drug-likeness (QED) is 0.250. The van der Waals surface area contributed by atoms with Crippen LogP contribution in [0.5, 0.6) is 0 Å². The van der Waals surface area contributed by atoms with E-state index in [1.807, 2.05) is 46.2 Å². The molecular weight excluding hydrogens is 640 g/mol. The van der Waals surface area contributed by atoms with Crippen LogP contribution in [0.15, 0.2) is 36.4 Å². The van der Waals surface area contributed by atoms with Gasteiger partial charge >= 0.3 is 0 Å². The van der Waals surface area contributed by atoms with Crippen LogP contribution in [0.2, 0.25) is 28.2 Å². The van der Waals surface area contributed by atoms with Gasteiger partial charge in [-0.05, 0) is 97.6 Å². The summed E-state index contributed by atoms with van der Waals surface area (Å²) in [6, 6.07) is 11.6. The van der Waals surface area contributed by atoms with Crippen molar-refractivity contribution in [2.75, 3.05) is 45.9 Å². The Balaban J connectivity index is 1.16. The lowest BCUT2D eigenvalue weighted by Crippen LogP contribution is -2.49. The Morgan fingerprint density at radius 2 is 1.52 bits per heavy atom. The molecular formula is C36H50Cl2FN3O3Si. The number of nitrogens with zero attached hydrogens (tertiary/aromatic N) is 3. The Kier molecular flexibility index (Phi) is 11.3. The predicted molar refractivity (Wildman–Crippen MR) is 188 cm³/mol. The standard InChI is InChI=1S/C36H50Cl2FN3O3Si/c1-36(2,3)46(4,5)45-30-12-10-29(11-13-30)42-16-14-27(35(42)44)22-31-32(37)23-28(24-33(31)38)25-6-8-26(9-7-25)34(43)41-20-18-40(17-15-39)19-21-41/h6-9,23-24,27,29-30H,10-22H2,1-5H3. The van der Waals surface area contributed by atoms with Gasteiger partial charge in [0.05, 0.1) is 0 Å². The van der Waals surface area contributed by atoms with Crippen molar-refractivity contribution < 1.29 is 18.4 Å². The van der Waals surface area contributed by atoms with E-state index in [2.05, 4.69) is 38.8 Å². The fourth-order valence-electron chi connectivity index (χ4n) is 6.88. The average Bonchev–Trinajstić information content (AvgIpc) is 3.38. The Morgan fingerprint density at radius 3 is 2.09 bits per heavy atom. The normalized spacial score (nSPS) is 23.3. The minimum absolute atomic E-state index is 0.0133. The number of piperazine rings is 1. The third-order valence-corrected chi connectivity index (χ3v) is 16.0. The van der Waals surface area contributed by atoms with Crippen LogP contribution < -0.4 is 0 Å². The maximum Gasteiger partial charge on any atom is 0.253 e. The Bertz CT molecular complexity index is 1360. The molecule has 0 radical (unpaired) electrons. The molecule has 2 aromatic carbocycles. The van der Waals surface area contributed by atoms with Crippen LogP contribution in [0.1, 0.15) is 68.8 Å². The second-order valence-corrected chi connectivity index (χ2v) is 20.4. The van der Waals surface area contributed by atoms with Gasteiger partial charge in [-0.3, -0.25) is 14.5 Å². The predicted octanol–water partition coefficient (Wildman–Crippen LogP) is 8.11. The van der Waals surface area contributed by atoms with Gasteiger partial charge in [-0.1, -0.05) is 56.1 Å². The first-order chi connectivity index (χ1) is 21.8. The third kappa shape index (κ3) is 8.00. The summed E-state index contributed by atoms with van der Waals surface area (Å²) in [4.78, 5) is 32.6. The molecule has 0 bridgehead atoms. The molecule has 252 valence electrons. The molecule has 1 atom stereocenters. The highest BCUT2D eigenvalue weighted by Gasteiger charge is 2.42. The van der Waals surface area contributed by atoms with E-state index in [4.69, 9.17) is 27.6 Å². The first kappa shape index (κ1) is 35.3. The molecule has 2 amide bonds. The van der Waals surface area contributed by atoms with Crippen LogP contribution in [0.4, 0.5) is 4.39 Å². The summed E-state index contributed by atoms with van der Waals surface area (Å²) >= 11 is 13.6. The van der Waals surface area contributed by atoms with Gasteiger partial charge in [-0.2, -0.15) is 0 Å². The number of carbonyl (C=O) groups excluding carboxylic acids is 2. The van der Waals surface area contributed by atoms with Gasteiger partial charge in [0.1, 0.15) is 6.67 Å². The minimum Gasteiger partial charge on any atom is -0.414 e. The molecule has 2 aromatic rings. The van der Waals surface area contributed by atoms with Crippen molar-refractivity contribution in [3.8, 4) is 11.1 Å². The summed E-state index contributed by atoms with van der Waals surface area (Å²) in [6.45, 7) is 14.9. The van der Waals surface area contributed by atoms with Crippen molar-refractivity contribution in [3.05, 3.63) is 57.6 Å². The zero-order valence-electron chi connectivity index (χ0n) is 28.1. The van der Waals surface area contributed by atoms with Crippen molar-refractivity contribution in [1.82, 2.24) is 14.7 Å². The number of alkyl halides is 1. The van der Waals surface area contributed by atoms with E-state index in [1.54, 1.807) is 0 Å². The van der Waals surface area contributed by atoms with Gasteiger partial charge in [-0.25, -0.2) is 4.39 Å². The molecule has 0 aromatic heterocycles. The second kappa shape index (κ2) is 14.6. The summed E-state index contributed by atoms with van der Waals surface area (Å²) in [7, 11) is -1.80. The molecule has 2 aliphatic heterocycles. The summed E-state index contributed by atoms with van der Waals surface area (Å²) in [6.07, 6.45) is 5.66. The molecule has 1 aliphatic carbocycles. The Morgan fingerprint density at radius 1 is 0.913 bits per heavy atom. The zero-order chi connectivity index (χ0) is 33.2. The molecule has 6 nitrogen and oxygen atoms in total. The summed E-state index contributed by atoms with van der Waals surface area (Å²) in [5, 5.41) is 1.32. The van der Waals surface area contributed by atoms with Gasteiger partial charge < -0.3 is 14.2 Å². The number of hydrogen-bond acceptors (Lipinski definition) is 4. The summed E-state index contributed by atoms with van der Waals surface area (Å²) < 4.78 is 19.3. The van der Waals surface area contributed by atoms with Crippen LogP contribution in [0.3, 0.4) is 0 Å². The Hall–Kier alpha value is -1.97. The van der Waals surface area contributed by atoms with Crippen LogP contribution in [-0.2, 0) is 15.6 Å². The van der Waals surface area contributed by atoms with E-state index in [1.165, 1.54) is 0 Å². The van der Waals surface area contributed by atoms with Crippen molar-refractivity contribution >= 4 is 43.3 Å². The highest BCUT2D eigenvalue weighted by molar-refractivity contribution is 6.74. The molecule has 1 saturated carbocycles. The number of hydrogen-bond donors (Lipinski definition) is 0. The monoisotopic (exact) mass is 689 g/mol. The number of benzene rings is 2. The van der Waals surface area contributed by atoms with Gasteiger partial charge in [0, 0.05) is 72.9 Å². The molecule has 3 aliphatic rings. The van der Waals surface area contributed by atoms with Gasteiger partial charge in [0.15, 0.2) is 8.32 Å². The SMILES string of the molecule is CC(C)(C)[Si](C)(C)OC1CCC(N2CCC(Cc3c(Cl)cc(-c4ccc(C(=O)N5CCN(CCF)CC5)cc4)cc3Cl)C2=O)CC1. The van der Waals surface area contributed by atoms with E-state index in [9.17, 15) is 14.0 Å². The first-order valence-electron chi connectivity index (χ1n) is 16.9. The van der Waals surface area contributed by atoms with E-state index in [0.29, 0.717) is 60.9 Å². The van der Waals surface area contributed by atoms with Crippen molar-refractivity contribution in [2.45, 2.75) is 89.6 Å². The molecule has 0 spiro atoms. The lowest BCUT2D eigenvalue weighted by Gasteiger charge is -2.42. The maximum absolute atomic E-state index is 13.6. The Labute approximate surface area is 285 Å². The first-order valence-corrected chi connectivity index (χ1v) is 20.6. The number of amides is 2. The van der Waals surface area contributed by atoms with E-state index in [-0.39, 0.29) is 35.5 Å². The minimum atomic E-state index is -1.80. The highest BCUT2D eigenvalue weighted by atomic mass is 35.5. The molecule has 2 heterocycles. The third-order valence-electron chi connectivity index (χ3n) is 10.8. The van der Waals surface area contributed by atoms with E-state index in [0.717, 1.165) is 55.3 Å². The van der Waals surface area contributed by atoms with E-state index >= 15 is 0 Å². The van der Waals surface area contributed by atoms with Gasteiger partial charge in [0.2, 0.25) is 5.91 Å². The van der Waals surface area contributed by atoms with Crippen LogP contribution in [0, 0.1) is 5.92 Å². The highest BCUT2D eigenvalue weighted by Crippen LogP contribution is 2.41. The molecule has 3 fully saturated rings. The number of carbonyl (C=O) groups is 2. The largest absolute Gasteiger partial charge is 0.414 e.